The summed E-state index contributed by atoms with van der Waals surface area (Å²) in [6.45, 7) is 7.46. The number of ketones is 3. The zero-order valence-electron chi connectivity index (χ0n) is 18.8. The van der Waals surface area contributed by atoms with Gasteiger partial charge in [-0.1, -0.05) is 13.8 Å². The van der Waals surface area contributed by atoms with Crippen molar-refractivity contribution in [3.8, 4) is 0 Å². The number of hydrogen-bond donors (Lipinski definition) is 3. The predicted octanol–water partition coefficient (Wildman–Crippen LogP) is 0.344. The van der Waals surface area contributed by atoms with Crippen molar-refractivity contribution >= 4 is 29.2 Å². The molecule has 0 aromatic carbocycles. The van der Waals surface area contributed by atoms with Gasteiger partial charge in [0.25, 0.3) is 0 Å². The van der Waals surface area contributed by atoms with Crippen LogP contribution in [0, 0.1) is 0 Å². The lowest BCUT2D eigenvalue weighted by atomic mass is 10.1. The van der Waals surface area contributed by atoms with Crippen molar-refractivity contribution < 1.29 is 24.0 Å². The first-order valence-corrected chi connectivity index (χ1v) is 10.7. The zero-order chi connectivity index (χ0) is 23.1. The van der Waals surface area contributed by atoms with Gasteiger partial charge in [0.1, 0.15) is 23.4 Å². The van der Waals surface area contributed by atoms with E-state index in [9.17, 15) is 24.0 Å². The molecule has 0 bridgehead atoms. The lowest BCUT2D eigenvalue weighted by Crippen LogP contribution is -2.49. The molecule has 0 unspecified atom stereocenters. The maximum absolute atomic E-state index is 12.2. The Balaban J connectivity index is 4.17. The number of nitrogens with two attached hydrogens (primary N) is 1. The Morgan fingerprint density at radius 2 is 1.33 bits per heavy atom. The molecule has 9 heteroatoms. The van der Waals surface area contributed by atoms with Crippen LogP contribution in [0.3, 0.4) is 0 Å². The molecule has 0 spiro atoms. The third-order valence-electron chi connectivity index (χ3n) is 4.38. The summed E-state index contributed by atoms with van der Waals surface area (Å²) in [5, 5.41) is 5.30. The molecular formula is C21H38N4O5. The van der Waals surface area contributed by atoms with Crippen LogP contribution in [0.5, 0.6) is 0 Å². The summed E-state index contributed by atoms with van der Waals surface area (Å²) >= 11 is 0. The number of rotatable bonds is 17. The number of amides is 2. The minimum absolute atomic E-state index is 0.0105. The number of nitrogens with one attached hydrogen (secondary N) is 2. The molecule has 0 saturated carbocycles. The van der Waals surface area contributed by atoms with Crippen molar-refractivity contribution in [1.29, 1.82) is 0 Å². The summed E-state index contributed by atoms with van der Waals surface area (Å²) in [5.74, 6) is -0.620. The summed E-state index contributed by atoms with van der Waals surface area (Å²) in [5.41, 5.74) is 5.72. The number of Topliss-reactive ketones (excluding diaryl/α,β-unsaturated/α-hetero) is 3. The normalized spacial score (nSPS) is 12.0. The molecular weight excluding hydrogens is 388 g/mol. The molecule has 0 aliphatic carbocycles. The fraction of sp³-hybridized carbons (Fsp3) is 0.762. The van der Waals surface area contributed by atoms with Crippen molar-refractivity contribution in [2.24, 2.45) is 5.73 Å². The average Bonchev–Trinajstić information content (AvgIpc) is 2.68. The highest BCUT2D eigenvalue weighted by Crippen LogP contribution is 2.03. The van der Waals surface area contributed by atoms with Gasteiger partial charge in [0.15, 0.2) is 0 Å². The Hall–Kier alpha value is -2.13. The van der Waals surface area contributed by atoms with E-state index in [-0.39, 0.29) is 74.2 Å². The molecule has 0 aliphatic heterocycles. The number of carbonyl (C=O) groups excluding carboxylic acids is 5. The van der Waals surface area contributed by atoms with E-state index in [2.05, 4.69) is 10.6 Å². The van der Waals surface area contributed by atoms with Gasteiger partial charge in [-0.05, 0) is 26.7 Å². The van der Waals surface area contributed by atoms with Crippen LogP contribution in [0.1, 0.15) is 66.2 Å². The van der Waals surface area contributed by atoms with Crippen LogP contribution in [0.15, 0.2) is 0 Å². The highest BCUT2D eigenvalue weighted by molar-refractivity contribution is 5.86. The molecule has 0 fully saturated rings. The number of unbranched alkanes of at least 4 members (excludes halogenated alkanes) is 1. The van der Waals surface area contributed by atoms with Gasteiger partial charge in [0, 0.05) is 38.3 Å². The molecule has 9 nitrogen and oxygen atoms in total. The van der Waals surface area contributed by atoms with Crippen LogP contribution in [-0.4, -0.2) is 72.3 Å². The number of hydrogen-bond acceptors (Lipinski definition) is 7. The Labute approximate surface area is 179 Å². The van der Waals surface area contributed by atoms with Crippen molar-refractivity contribution in [2.75, 3.05) is 26.2 Å². The van der Waals surface area contributed by atoms with Gasteiger partial charge in [0.2, 0.25) is 11.8 Å². The predicted molar refractivity (Wildman–Crippen MR) is 115 cm³/mol. The van der Waals surface area contributed by atoms with E-state index in [1.807, 2.05) is 13.8 Å². The highest BCUT2D eigenvalue weighted by Gasteiger charge is 2.17. The van der Waals surface area contributed by atoms with Gasteiger partial charge < -0.3 is 16.4 Å². The number of nitrogens with zero attached hydrogens (tertiary/aromatic N) is 1. The summed E-state index contributed by atoms with van der Waals surface area (Å²) < 4.78 is 0. The molecule has 0 heterocycles. The molecule has 2 amide bonds. The minimum Gasteiger partial charge on any atom is -0.354 e. The Morgan fingerprint density at radius 3 is 1.83 bits per heavy atom. The maximum Gasteiger partial charge on any atom is 0.238 e. The monoisotopic (exact) mass is 426 g/mol. The first kappa shape index (κ1) is 27.9. The second-order valence-corrected chi connectivity index (χ2v) is 7.75. The van der Waals surface area contributed by atoms with Crippen molar-refractivity contribution in [2.45, 2.75) is 78.3 Å². The largest absolute Gasteiger partial charge is 0.354 e. The molecule has 0 aromatic rings. The van der Waals surface area contributed by atoms with Gasteiger partial charge in [-0.15, -0.1) is 0 Å². The Morgan fingerprint density at radius 1 is 0.833 bits per heavy atom. The average molecular weight is 427 g/mol. The molecule has 0 saturated heterocycles. The van der Waals surface area contributed by atoms with E-state index in [0.29, 0.717) is 25.7 Å². The molecule has 0 aromatic heterocycles. The van der Waals surface area contributed by atoms with Crippen LogP contribution < -0.4 is 16.4 Å². The topological polar surface area (TPSA) is 139 Å². The van der Waals surface area contributed by atoms with Gasteiger partial charge >= 0.3 is 0 Å². The van der Waals surface area contributed by atoms with E-state index in [1.165, 1.54) is 0 Å². The van der Waals surface area contributed by atoms with Gasteiger partial charge in [0.05, 0.1) is 19.6 Å². The van der Waals surface area contributed by atoms with Crippen LogP contribution in [0.25, 0.3) is 0 Å². The molecule has 30 heavy (non-hydrogen) atoms. The van der Waals surface area contributed by atoms with E-state index >= 15 is 0 Å². The maximum atomic E-state index is 12.2. The van der Waals surface area contributed by atoms with Gasteiger partial charge in [-0.2, -0.15) is 0 Å². The molecule has 172 valence electrons. The smallest absolute Gasteiger partial charge is 0.238 e. The van der Waals surface area contributed by atoms with E-state index < -0.39 is 6.04 Å². The number of carbonyl (C=O) groups is 5. The third kappa shape index (κ3) is 13.9. The molecule has 0 aliphatic rings. The molecule has 1 atom stereocenters. The summed E-state index contributed by atoms with van der Waals surface area (Å²) in [6.07, 6.45) is 2.29. The standard InChI is InChI=1S/C21H38N4O5/c1-5-16(26)12-25(13-17(27)6-2)14-18(28)9-7-8-10-20(29)23-11-19(22)21(30)24-15(3)4/h15,19H,5-14,22H2,1-4H3,(H,23,29)(H,24,30)/t19-/m1/s1. The third-order valence-corrected chi connectivity index (χ3v) is 4.38. The molecule has 4 N–H and O–H groups in total. The van der Waals surface area contributed by atoms with Crippen molar-refractivity contribution in [1.82, 2.24) is 15.5 Å². The van der Waals surface area contributed by atoms with Crippen LogP contribution in [0.2, 0.25) is 0 Å². The lowest BCUT2D eigenvalue weighted by molar-refractivity contribution is -0.127. The first-order chi connectivity index (χ1) is 14.1. The van der Waals surface area contributed by atoms with E-state index in [0.717, 1.165) is 0 Å². The fourth-order valence-electron chi connectivity index (χ4n) is 2.62. The zero-order valence-corrected chi connectivity index (χ0v) is 18.8. The quantitative estimate of drug-likeness (QED) is 0.285. The second kappa shape index (κ2) is 15.7. The van der Waals surface area contributed by atoms with E-state index in [1.54, 1.807) is 18.7 Å². The highest BCUT2D eigenvalue weighted by atomic mass is 16.2. The van der Waals surface area contributed by atoms with Gasteiger partial charge in [-0.25, -0.2) is 0 Å². The van der Waals surface area contributed by atoms with Crippen molar-refractivity contribution in [3.63, 3.8) is 0 Å². The van der Waals surface area contributed by atoms with Crippen LogP contribution >= 0.6 is 0 Å². The van der Waals surface area contributed by atoms with Crippen LogP contribution in [0.4, 0.5) is 0 Å². The SMILES string of the molecule is CCC(=O)CN(CC(=O)CC)CC(=O)CCCCC(=O)NC[C@@H](N)C(=O)NC(C)C. The van der Waals surface area contributed by atoms with Gasteiger partial charge in [-0.3, -0.25) is 28.9 Å². The summed E-state index contributed by atoms with van der Waals surface area (Å²) in [4.78, 5) is 60.7. The second-order valence-electron chi connectivity index (χ2n) is 7.75. The summed E-state index contributed by atoms with van der Waals surface area (Å²) in [7, 11) is 0. The van der Waals surface area contributed by atoms with Crippen molar-refractivity contribution in [3.05, 3.63) is 0 Å². The first-order valence-electron chi connectivity index (χ1n) is 10.7. The van der Waals surface area contributed by atoms with E-state index in [4.69, 9.17) is 5.73 Å². The Bertz CT molecular complexity index is 574. The lowest BCUT2D eigenvalue weighted by Gasteiger charge is -2.19. The fourth-order valence-corrected chi connectivity index (χ4v) is 2.62. The minimum atomic E-state index is -0.805. The molecule has 0 radical (unpaired) electrons. The Kier molecular flexibility index (Phi) is 14.6. The van der Waals surface area contributed by atoms with Crippen LogP contribution in [-0.2, 0) is 24.0 Å². The molecule has 0 rings (SSSR count). The summed E-state index contributed by atoms with van der Waals surface area (Å²) in [6, 6.07) is -0.825.